The van der Waals surface area contributed by atoms with Crippen LogP contribution in [0.5, 0.6) is 17.4 Å². The van der Waals surface area contributed by atoms with Crippen molar-refractivity contribution in [2.24, 2.45) is 5.92 Å². The third kappa shape index (κ3) is 8.28. The molecule has 0 unspecified atom stereocenters. The number of hydrogen-bond acceptors (Lipinski definition) is 8. The molecule has 4 rings (SSSR count). The van der Waals surface area contributed by atoms with Gasteiger partial charge < -0.3 is 25.4 Å². The van der Waals surface area contributed by atoms with Gasteiger partial charge in [0.2, 0.25) is 21.9 Å². The number of ether oxygens (including phenoxy) is 2. The number of amides is 2. The number of fused-ring (bicyclic) bond motifs is 1. The van der Waals surface area contributed by atoms with E-state index >= 15 is 0 Å². The quantitative estimate of drug-likeness (QED) is 0.147. The zero-order valence-corrected chi connectivity index (χ0v) is 27.1. The number of nitrogens with zero attached hydrogens (tertiary/aromatic N) is 2. The van der Waals surface area contributed by atoms with E-state index in [9.17, 15) is 13.2 Å². The number of aromatic nitrogens is 2. The molecule has 0 spiro atoms. The summed E-state index contributed by atoms with van der Waals surface area (Å²) in [7, 11) is -2.20. The van der Waals surface area contributed by atoms with Crippen molar-refractivity contribution < 1.29 is 22.7 Å². The molecule has 1 aromatic heterocycles. The van der Waals surface area contributed by atoms with Gasteiger partial charge in [0.1, 0.15) is 5.75 Å². The molecule has 2 amide bonds. The Balaban J connectivity index is 1.63. The number of hydrogen-bond donors (Lipinski definition) is 4. The predicted molar refractivity (Wildman–Crippen MR) is 177 cm³/mol. The zero-order valence-electron chi connectivity index (χ0n) is 26.3. The van der Waals surface area contributed by atoms with E-state index in [1.54, 1.807) is 30.3 Å². The van der Waals surface area contributed by atoms with Gasteiger partial charge in [-0.05, 0) is 48.1 Å². The summed E-state index contributed by atoms with van der Waals surface area (Å²) in [6, 6.07) is 15.8. The Morgan fingerprint density at radius 2 is 1.59 bits per heavy atom. The van der Waals surface area contributed by atoms with Crippen LogP contribution < -0.4 is 30.1 Å². The highest BCUT2D eigenvalue weighted by molar-refractivity contribution is 7.92. The highest BCUT2D eigenvalue weighted by atomic mass is 32.2. The van der Waals surface area contributed by atoms with Crippen molar-refractivity contribution in [3.63, 3.8) is 0 Å². The lowest BCUT2D eigenvalue weighted by atomic mass is 9.86. The average molecular weight is 621 g/mol. The van der Waals surface area contributed by atoms with Crippen LogP contribution in [0.2, 0.25) is 0 Å². The molecule has 4 aromatic rings. The monoisotopic (exact) mass is 620 g/mol. The van der Waals surface area contributed by atoms with E-state index in [0.29, 0.717) is 34.9 Å². The lowest BCUT2D eigenvalue weighted by Crippen LogP contribution is -2.22. The Kier molecular flexibility index (Phi) is 9.53. The lowest BCUT2D eigenvalue weighted by Gasteiger charge is -2.24. The molecule has 11 nitrogen and oxygen atoms in total. The number of aryl methyl sites for hydroxylation is 1. The van der Waals surface area contributed by atoms with Gasteiger partial charge in [-0.15, -0.1) is 0 Å². The molecule has 0 aliphatic carbocycles. The highest BCUT2D eigenvalue weighted by Crippen LogP contribution is 2.40. The van der Waals surface area contributed by atoms with E-state index in [2.05, 4.69) is 44.5 Å². The Hall–Kier alpha value is -4.58. The van der Waals surface area contributed by atoms with Crippen LogP contribution in [-0.2, 0) is 15.4 Å². The second-order valence-corrected chi connectivity index (χ2v) is 13.8. The van der Waals surface area contributed by atoms with E-state index in [0.717, 1.165) is 34.8 Å². The van der Waals surface area contributed by atoms with E-state index in [1.807, 2.05) is 52.0 Å². The molecule has 0 aliphatic rings. The number of carbonyl (C=O) groups excluding carboxylic acids is 1. The number of sulfonamides is 1. The minimum Gasteiger partial charge on any atom is -0.492 e. The molecule has 1 heterocycles. The molecule has 0 aliphatic heterocycles. The first-order chi connectivity index (χ1) is 20.6. The predicted octanol–water partition coefficient (Wildman–Crippen LogP) is 7.12. The zero-order chi connectivity index (χ0) is 32.2. The van der Waals surface area contributed by atoms with Gasteiger partial charge in [-0.1, -0.05) is 58.9 Å². The van der Waals surface area contributed by atoms with Gasteiger partial charge >= 0.3 is 6.03 Å². The largest absolute Gasteiger partial charge is 0.492 e. The molecule has 234 valence electrons. The fourth-order valence-corrected chi connectivity index (χ4v) is 5.03. The first-order valence-electron chi connectivity index (χ1n) is 14.2. The SMILES string of the molecule is COc1c(NC(=O)Nc2ccc(Oc3cc(C)nc(NCC(C)C)n3)c3ccccc23)cc(C(C)(C)C)cc1NS(C)(=O)=O. The van der Waals surface area contributed by atoms with Gasteiger partial charge in [-0.2, -0.15) is 4.98 Å². The Bertz CT molecular complexity index is 1780. The van der Waals surface area contributed by atoms with Crippen LogP contribution in [0.3, 0.4) is 0 Å². The summed E-state index contributed by atoms with van der Waals surface area (Å²) in [4.78, 5) is 22.3. The molecule has 4 N–H and O–H groups in total. The molecule has 0 fully saturated rings. The van der Waals surface area contributed by atoms with Crippen molar-refractivity contribution >= 4 is 49.8 Å². The maximum atomic E-state index is 13.3. The van der Waals surface area contributed by atoms with E-state index in [-0.39, 0.29) is 16.9 Å². The van der Waals surface area contributed by atoms with Crippen molar-refractivity contribution in [3.05, 3.63) is 65.9 Å². The standard InChI is InChI=1S/C32H40N6O5S/c1-19(2)18-33-30-34-20(3)15-28(37-30)43-27-14-13-24(22-11-9-10-12-23(22)27)35-31(39)36-25-16-21(32(4,5)6)17-26(29(25)42-7)38-44(8,40)41/h9-17,19,38H,18H2,1-8H3,(H,33,34,37)(H2,35,36,39). The van der Waals surface area contributed by atoms with Gasteiger partial charge in [0.25, 0.3) is 0 Å². The summed E-state index contributed by atoms with van der Waals surface area (Å²) >= 11 is 0. The summed E-state index contributed by atoms with van der Waals surface area (Å²) in [5.74, 6) is 2.08. The van der Waals surface area contributed by atoms with Crippen LogP contribution in [0.4, 0.5) is 27.8 Å². The maximum absolute atomic E-state index is 13.3. The Morgan fingerprint density at radius 3 is 2.23 bits per heavy atom. The van der Waals surface area contributed by atoms with Crippen molar-refractivity contribution in [1.29, 1.82) is 0 Å². The smallest absolute Gasteiger partial charge is 0.323 e. The summed E-state index contributed by atoms with van der Waals surface area (Å²) in [6.45, 7) is 12.8. The number of anilines is 4. The van der Waals surface area contributed by atoms with E-state index in [4.69, 9.17) is 9.47 Å². The number of methoxy groups -OCH3 is 1. The molecule has 0 saturated carbocycles. The minimum atomic E-state index is -3.61. The number of benzene rings is 3. The van der Waals surface area contributed by atoms with Crippen LogP contribution in [0.15, 0.2) is 54.6 Å². The second kappa shape index (κ2) is 13.0. The molecular weight excluding hydrogens is 580 g/mol. The van der Waals surface area contributed by atoms with Crippen LogP contribution in [0.1, 0.15) is 45.9 Å². The number of carbonyl (C=O) groups is 1. The summed E-state index contributed by atoms with van der Waals surface area (Å²) in [5, 5.41) is 10.5. The van der Waals surface area contributed by atoms with Crippen LogP contribution in [0, 0.1) is 12.8 Å². The van der Waals surface area contributed by atoms with Crippen LogP contribution >= 0.6 is 0 Å². The first-order valence-corrected chi connectivity index (χ1v) is 16.1. The molecule has 3 aromatic carbocycles. The molecular formula is C32H40N6O5S. The molecule has 0 saturated heterocycles. The molecule has 0 radical (unpaired) electrons. The van der Waals surface area contributed by atoms with Gasteiger partial charge in [-0.25, -0.2) is 18.2 Å². The molecule has 12 heteroatoms. The van der Waals surface area contributed by atoms with Gasteiger partial charge in [0.05, 0.1) is 30.4 Å². The minimum absolute atomic E-state index is 0.189. The average Bonchev–Trinajstić information content (AvgIpc) is 2.91. The summed E-state index contributed by atoms with van der Waals surface area (Å²) < 4.78 is 38.4. The Morgan fingerprint density at radius 1 is 0.932 bits per heavy atom. The van der Waals surface area contributed by atoms with Crippen molar-refractivity contribution in [3.8, 4) is 17.4 Å². The lowest BCUT2D eigenvalue weighted by molar-refractivity contribution is 0.262. The normalized spacial score (nSPS) is 11.8. The van der Waals surface area contributed by atoms with E-state index < -0.39 is 16.1 Å². The fraction of sp³-hybridized carbons (Fsp3) is 0.344. The fourth-order valence-electron chi connectivity index (χ4n) is 4.47. The summed E-state index contributed by atoms with van der Waals surface area (Å²) in [5.41, 5.74) is 2.31. The van der Waals surface area contributed by atoms with Crippen molar-refractivity contribution in [2.75, 3.05) is 40.6 Å². The van der Waals surface area contributed by atoms with Gasteiger partial charge in [0.15, 0.2) is 5.75 Å². The summed E-state index contributed by atoms with van der Waals surface area (Å²) in [6.07, 6.45) is 1.06. The topological polar surface area (TPSA) is 144 Å². The van der Waals surface area contributed by atoms with Crippen molar-refractivity contribution in [2.45, 2.75) is 47.0 Å². The first kappa shape index (κ1) is 32.3. The van der Waals surface area contributed by atoms with Crippen molar-refractivity contribution in [1.82, 2.24) is 9.97 Å². The molecule has 0 bridgehead atoms. The molecule has 44 heavy (non-hydrogen) atoms. The highest BCUT2D eigenvalue weighted by Gasteiger charge is 2.22. The number of nitrogens with one attached hydrogen (secondary N) is 4. The van der Waals surface area contributed by atoms with Gasteiger partial charge in [0, 0.05) is 29.1 Å². The van der Waals surface area contributed by atoms with E-state index in [1.165, 1.54) is 7.11 Å². The number of rotatable bonds is 10. The number of urea groups is 1. The van der Waals surface area contributed by atoms with Gasteiger partial charge in [-0.3, -0.25) is 4.72 Å². The third-order valence-electron chi connectivity index (χ3n) is 6.55. The third-order valence-corrected chi connectivity index (χ3v) is 7.14. The second-order valence-electron chi connectivity index (χ2n) is 12.0. The van der Waals surface area contributed by atoms with Crippen LogP contribution in [-0.4, -0.2) is 44.3 Å². The van der Waals surface area contributed by atoms with Crippen LogP contribution in [0.25, 0.3) is 10.8 Å². The molecule has 0 atom stereocenters. The Labute approximate surface area is 258 Å². The maximum Gasteiger partial charge on any atom is 0.323 e.